The molecule has 1 saturated heterocycles. The fourth-order valence-corrected chi connectivity index (χ4v) is 5.14. The van der Waals surface area contributed by atoms with Crippen LogP contribution in [0.2, 0.25) is 0 Å². The molecular formula is C14H19NO3S. The highest BCUT2D eigenvalue weighted by Gasteiger charge is 2.36. The Hall–Kier alpha value is -1.07. The Bertz CT molecular complexity index is 597. The first-order valence-electron chi connectivity index (χ1n) is 6.70. The zero-order chi connectivity index (χ0) is 13.6. The van der Waals surface area contributed by atoms with Crippen LogP contribution in [0.1, 0.15) is 30.0 Å². The minimum atomic E-state index is -2.84. The minimum absolute atomic E-state index is 0.134. The topological polar surface area (TPSA) is 57.6 Å². The van der Waals surface area contributed by atoms with E-state index in [1.807, 2.05) is 19.2 Å². The normalized spacial score (nSPS) is 28.7. The van der Waals surface area contributed by atoms with Gasteiger partial charge in [-0.15, -0.1) is 0 Å². The molecule has 1 N–H and O–H groups in total. The van der Waals surface area contributed by atoms with Gasteiger partial charge in [0.05, 0.1) is 11.5 Å². The van der Waals surface area contributed by atoms with E-state index in [0.717, 1.165) is 19.3 Å². The van der Waals surface area contributed by atoms with E-state index in [1.165, 1.54) is 11.1 Å². The van der Waals surface area contributed by atoms with Crippen LogP contribution in [0.25, 0.3) is 0 Å². The van der Waals surface area contributed by atoms with Crippen molar-refractivity contribution in [2.45, 2.75) is 31.3 Å². The van der Waals surface area contributed by atoms with Gasteiger partial charge in [0.2, 0.25) is 0 Å². The molecule has 104 valence electrons. The fourth-order valence-electron chi connectivity index (χ4n) is 3.36. The molecule has 2 unspecified atom stereocenters. The monoisotopic (exact) mass is 281 g/mol. The molecule has 4 nitrogen and oxygen atoms in total. The van der Waals surface area contributed by atoms with Crippen LogP contribution in [0.3, 0.4) is 0 Å². The second-order valence-corrected chi connectivity index (χ2v) is 7.89. The van der Waals surface area contributed by atoms with Crippen LogP contribution in [0.4, 0.5) is 0 Å². The zero-order valence-corrected chi connectivity index (χ0v) is 11.9. The van der Waals surface area contributed by atoms with Gasteiger partial charge in [-0.2, -0.15) is 0 Å². The fraction of sp³-hybridized carbons (Fsp3) is 0.571. The third-order valence-electron chi connectivity index (χ3n) is 4.45. The summed E-state index contributed by atoms with van der Waals surface area (Å²) in [6.07, 6.45) is 2.70. The van der Waals surface area contributed by atoms with Gasteiger partial charge in [0.15, 0.2) is 9.84 Å². The van der Waals surface area contributed by atoms with Crippen molar-refractivity contribution in [3.63, 3.8) is 0 Å². The molecule has 1 aliphatic heterocycles. The van der Waals surface area contributed by atoms with Gasteiger partial charge >= 0.3 is 0 Å². The highest BCUT2D eigenvalue weighted by Crippen LogP contribution is 2.38. The van der Waals surface area contributed by atoms with Crippen LogP contribution in [-0.4, -0.2) is 43.0 Å². The van der Waals surface area contributed by atoms with Crippen LogP contribution >= 0.6 is 0 Å². The average molecular weight is 281 g/mol. The van der Waals surface area contributed by atoms with Crippen molar-refractivity contribution in [2.24, 2.45) is 0 Å². The summed E-state index contributed by atoms with van der Waals surface area (Å²) in [5.41, 5.74) is 2.43. The smallest absolute Gasteiger partial charge is 0.151 e. The summed E-state index contributed by atoms with van der Waals surface area (Å²) in [6, 6.07) is 5.94. The maximum absolute atomic E-state index is 11.6. The Morgan fingerprint density at radius 1 is 1.32 bits per heavy atom. The first-order chi connectivity index (χ1) is 8.96. The van der Waals surface area contributed by atoms with Crippen LogP contribution < -0.4 is 0 Å². The van der Waals surface area contributed by atoms with E-state index < -0.39 is 9.84 Å². The van der Waals surface area contributed by atoms with Crippen molar-refractivity contribution in [2.75, 3.05) is 18.6 Å². The maximum atomic E-state index is 11.6. The molecule has 0 amide bonds. The molecule has 1 aromatic carbocycles. The highest BCUT2D eigenvalue weighted by atomic mass is 32.2. The number of benzene rings is 1. The Balaban J connectivity index is 1.82. The van der Waals surface area contributed by atoms with Crippen molar-refractivity contribution < 1.29 is 13.5 Å². The van der Waals surface area contributed by atoms with Crippen LogP contribution in [-0.2, 0) is 16.3 Å². The lowest BCUT2D eigenvalue weighted by Gasteiger charge is -2.30. The summed E-state index contributed by atoms with van der Waals surface area (Å²) in [7, 11) is -0.810. The number of hydrogen-bond donors (Lipinski definition) is 1. The summed E-state index contributed by atoms with van der Waals surface area (Å²) in [5, 5.41) is 9.51. The number of hydrogen-bond acceptors (Lipinski definition) is 4. The zero-order valence-electron chi connectivity index (χ0n) is 11.0. The Morgan fingerprint density at radius 2 is 2.11 bits per heavy atom. The second kappa shape index (κ2) is 4.49. The van der Waals surface area contributed by atoms with Gasteiger partial charge < -0.3 is 5.11 Å². The summed E-state index contributed by atoms with van der Waals surface area (Å²) in [5.74, 6) is 0.912. The first-order valence-corrected chi connectivity index (χ1v) is 8.52. The van der Waals surface area contributed by atoms with E-state index in [1.54, 1.807) is 6.07 Å². The summed E-state index contributed by atoms with van der Waals surface area (Å²) < 4.78 is 23.2. The number of fused-ring (bicyclic) bond motifs is 1. The summed E-state index contributed by atoms with van der Waals surface area (Å²) >= 11 is 0. The van der Waals surface area contributed by atoms with Gasteiger partial charge in [-0.05, 0) is 49.6 Å². The van der Waals surface area contributed by atoms with Crippen molar-refractivity contribution in [3.8, 4) is 5.75 Å². The molecule has 19 heavy (non-hydrogen) atoms. The van der Waals surface area contributed by atoms with Crippen molar-refractivity contribution >= 4 is 9.84 Å². The molecule has 5 heteroatoms. The third-order valence-corrected chi connectivity index (χ3v) is 6.20. The summed E-state index contributed by atoms with van der Waals surface area (Å²) in [6.45, 7) is 0. The number of nitrogens with zero attached hydrogens (tertiary/aromatic N) is 1. The van der Waals surface area contributed by atoms with E-state index in [9.17, 15) is 13.5 Å². The predicted octanol–water partition coefficient (Wildman–Crippen LogP) is 1.50. The van der Waals surface area contributed by atoms with Gasteiger partial charge in [0.25, 0.3) is 0 Å². The Labute approximate surface area is 114 Å². The standard InChI is InChI=1S/C14H19NO3S/c1-15(11-6-7-19(17,18)9-11)14-5-2-10-8-12(16)3-4-13(10)14/h3-4,8,11,14,16H,2,5-7,9H2,1H3. The number of phenols is 1. The number of rotatable bonds is 2. The number of aromatic hydroxyl groups is 1. The molecule has 0 radical (unpaired) electrons. The Kier molecular flexibility index (Phi) is 3.06. The van der Waals surface area contributed by atoms with Crippen LogP contribution in [0.15, 0.2) is 18.2 Å². The van der Waals surface area contributed by atoms with Gasteiger partial charge in [-0.25, -0.2) is 8.42 Å². The molecule has 1 fully saturated rings. The van der Waals surface area contributed by atoms with Gasteiger partial charge in [-0.3, -0.25) is 4.90 Å². The van der Waals surface area contributed by atoms with E-state index in [-0.39, 0.29) is 17.8 Å². The summed E-state index contributed by atoms with van der Waals surface area (Å²) in [4.78, 5) is 2.22. The highest BCUT2D eigenvalue weighted by molar-refractivity contribution is 7.91. The molecule has 0 spiro atoms. The van der Waals surface area contributed by atoms with Crippen molar-refractivity contribution in [1.29, 1.82) is 0 Å². The molecule has 1 heterocycles. The predicted molar refractivity (Wildman–Crippen MR) is 74.0 cm³/mol. The molecule has 0 bridgehead atoms. The molecular weight excluding hydrogens is 262 g/mol. The van der Waals surface area contributed by atoms with Gasteiger partial charge in [0, 0.05) is 12.1 Å². The SMILES string of the molecule is CN(C1CCS(=O)(=O)C1)C1CCc2cc(O)ccc21. The van der Waals surface area contributed by atoms with Crippen LogP contribution in [0, 0.1) is 0 Å². The quantitative estimate of drug-likeness (QED) is 0.892. The van der Waals surface area contributed by atoms with E-state index in [2.05, 4.69) is 4.90 Å². The number of phenolic OH excluding ortho intramolecular Hbond substituents is 1. The molecule has 1 aliphatic carbocycles. The van der Waals surface area contributed by atoms with E-state index >= 15 is 0 Å². The third kappa shape index (κ3) is 2.37. The molecule has 1 aromatic rings. The number of aryl methyl sites for hydroxylation is 1. The van der Waals surface area contributed by atoms with Crippen molar-refractivity contribution in [1.82, 2.24) is 4.90 Å². The van der Waals surface area contributed by atoms with Gasteiger partial charge in [0.1, 0.15) is 5.75 Å². The Morgan fingerprint density at radius 3 is 2.79 bits per heavy atom. The minimum Gasteiger partial charge on any atom is -0.508 e. The van der Waals surface area contributed by atoms with Crippen molar-refractivity contribution in [3.05, 3.63) is 29.3 Å². The molecule has 2 atom stereocenters. The maximum Gasteiger partial charge on any atom is 0.151 e. The number of sulfone groups is 1. The molecule has 0 aromatic heterocycles. The molecule has 2 aliphatic rings. The lowest BCUT2D eigenvalue weighted by molar-refractivity contribution is 0.187. The van der Waals surface area contributed by atoms with Gasteiger partial charge in [-0.1, -0.05) is 6.07 Å². The average Bonchev–Trinajstić information content (AvgIpc) is 2.91. The molecule has 3 rings (SSSR count). The first kappa shape index (κ1) is 12.9. The van der Waals surface area contributed by atoms with E-state index in [4.69, 9.17) is 0 Å². The van der Waals surface area contributed by atoms with E-state index in [0.29, 0.717) is 11.5 Å². The lowest BCUT2D eigenvalue weighted by atomic mass is 10.0. The molecule has 0 saturated carbocycles. The van der Waals surface area contributed by atoms with Crippen LogP contribution in [0.5, 0.6) is 5.75 Å². The lowest BCUT2D eigenvalue weighted by Crippen LogP contribution is -2.35. The second-order valence-electron chi connectivity index (χ2n) is 5.66. The largest absolute Gasteiger partial charge is 0.508 e.